The zero-order valence-corrected chi connectivity index (χ0v) is 11.9. The summed E-state index contributed by atoms with van der Waals surface area (Å²) in [4.78, 5) is 14.0. The van der Waals surface area contributed by atoms with Gasteiger partial charge in [-0.25, -0.2) is 0 Å². The minimum Gasteiger partial charge on any atom is -0.340 e. The molecule has 2 aromatic rings. The van der Waals surface area contributed by atoms with Gasteiger partial charge in [-0.15, -0.1) is 0 Å². The van der Waals surface area contributed by atoms with E-state index in [4.69, 9.17) is 5.73 Å². The minimum absolute atomic E-state index is 0.0700. The molecule has 0 aliphatic carbocycles. The van der Waals surface area contributed by atoms with E-state index >= 15 is 0 Å². The van der Waals surface area contributed by atoms with Gasteiger partial charge >= 0.3 is 0 Å². The molecule has 0 saturated heterocycles. The van der Waals surface area contributed by atoms with Gasteiger partial charge in [0.05, 0.1) is 0 Å². The Morgan fingerprint density at radius 2 is 1.70 bits per heavy atom. The third kappa shape index (κ3) is 3.25. The molecule has 0 aliphatic heterocycles. The molecule has 1 atom stereocenters. The number of aryl methyl sites for hydroxylation is 1. The van der Waals surface area contributed by atoms with Crippen LogP contribution < -0.4 is 5.73 Å². The molecule has 0 saturated carbocycles. The zero-order chi connectivity index (χ0) is 14.5. The Kier molecular flexibility index (Phi) is 4.53. The van der Waals surface area contributed by atoms with Crippen LogP contribution in [0, 0.1) is 6.92 Å². The van der Waals surface area contributed by atoms with Crippen LogP contribution in [-0.2, 0) is 11.3 Å². The van der Waals surface area contributed by atoms with Crippen molar-refractivity contribution in [2.75, 3.05) is 7.05 Å². The fourth-order valence-electron chi connectivity index (χ4n) is 2.16. The van der Waals surface area contributed by atoms with Crippen molar-refractivity contribution in [3.63, 3.8) is 0 Å². The molecule has 0 unspecified atom stereocenters. The molecular weight excluding hydrogens is 248 g/mol. The first-order valence-electron chi connectivity index (χ1n) is 6.69. The van der Waals surface area contributed by atoms with Gasteiger partial charge in [0.2, 0.25) is 5.91 Å². The molecule has 0 aliphatic rings. The normalized spacial score (nSPS) is 11.9. The summed E-state index contributed by atoms with van der Waals surface area (Å²) in [6.07, 6.45) is 0. The van der Waals surface area contributed by atoms with Crippen molar-refractivity contribution < 1.29 is 4.79 Å². The Morgan fingerprint density at radius 1 is 1.10 bits per heavy atom. The number of nitrogens with zero attached hydrogens (tertiary/aromatic N) is 1. The topological polar surface area (TPSA) is 46.3 Å². The van der Waals surface area contributed by atoms with E-state index in [2.05, 4.69) is 0 Å². The lowest BCUT2D eigenvalue weighted by Gasteiger charge is -2.22. The summed E-state index contributed by atoms with van der Waals surface area (Å²) < 4.78 is 0. The first-order valence-corrected chi connectivity index (χ1v) is 6.69. The van der Waals surface area contributed by atoms with Crippen LogP contribution in [0.1, 0.15) is 22.7 Å². The lowest BCUT2D eigenvalue weighted by molar-refractivity contribution is -0.131. The van der Waals surface area contributed by atoms with Gasteiger partial charge in [0, 0.05) is 13.6 Å². The van der Waals surface area contributed by atoms with E-state index < -0.39 is 6.04 Å². The Labute approximate surface area is 120 Å². The van der Waals surface area contributed by atoms with Crippen LogP contribution in [0.15, 0.2) is 54.6 Å². The molecule has 0 bridgehead atoms. The molecule has 0 spiro atoms. The second kappa shape index (κ2) is 6.35. The molecule has 2 rings (SSSR count). The highest BCUT2D eigenvalue weighted by molar-refractivity contribution is 5.82. The number of carbonyl (C=O) groups is 1. The van der Waals surface area contributed by atoms with Gasteiger partial charge in [-0.2, -0.15) is 0 Å². The van der Waals surface area contributed by atoms with Gasteiger partial charge in [-0.3, -0.25) is 4.79 Å². The van der Waals surface area contributed by atoms with Crippen molar-refractivity contribution >= 4 is 5.91 Å². The van der Waals surface area contributed by atoms with Crippen molar-refractivity contribution in [1.82, 2.24) is 4.90 Å². The maximum atomic E-state index is 12.4. The molecule has 2 aromatic carbocycles. The number of amides is 1. The standard InChI is InChI=1S/C17H20N2O/c1-13-8-6-7-11-15(13)12-19(2)17(20)16(18)14-9-4-3-5-10-14/h3-11,16H,12,18H2,1-2H3/t16-/m0/s1. The fourth-order valence-corrected chi connectivity index (χ4v) is 2.16. The summed E-state index contributed by atoms with van der Waals surface area (Å²) in [6.45, 7) is 2.62. The summed E-state index contributed by atoms with van der Waals surface area (Å²) in [7, 11) is 1.79. The monoisotopic (exact) mass is 268 g/mol. The molecule has 0 radical (unpaired) electrons. The maximum Gasteiger partial charge on any atom is 0.244 e. The Bertz CT molecular complexity index is 581. The largest absolute Gasteiger partial charge is 0.340 e. The summed E-state index contributed by atoms with van der Waals surface area (Å²) >= 11 is 0. The van der Waals surface area contributed by atoms with Crippen LogP contribution >= 0.6 is 0 Å². The molecule has 0 aromatic heterocycles. The van der Waals surface area contributed by atoms with E-state index in [0.717, 1.165) is 11.1 Å². The number of benzene rings is 2. The number of rotatable bonds is 4. The van der Waals surface area contributed by atoms with Crippen molar-refractivity contribution in [2.24, 2.45) is 5.73 Å². The van der Waals surface area contributed by atoms with Crippen LogP contribution in [0.5, 0.6) is 0 Å². The zero-order valence-electron chi connectivity index (χ0n) is 11.9. The van der Waals surface area contributed by atoms with Crippen molar-refractivity contribution in [3.8, 4) is 0 Å². The summed E-state index contributed by atoms with van der Waals surface area (Å²) in [5.41, 5.74) is 9.20. The molecule has 20 heavy (non-hydrogen) atoms. The smallest absolute Gasteiger partial charge is 0.244 e. The Hall–Kier alpha value is -2.13. The summed E-state index contributed by atoms with van der Waals surface area (Å²) in [6, 6.07) is 16.9. The van der Waals surface area contributed by atoms with Crippen molar-refractivity contribution in [3.05, 3.63) is 71.3 Å². The second-order valence-corrected chi connectivity index (χ2v) is 5.01. The highest BCUT2D eigenvalue weighted by Gasteiger charge is 2.19. The molecule has 2 N–H and O–H groups in total. The molecule has 3 nitrogen and oxygen atoms in total. The first-order chi connectivity index (χ1) is 9.59. The van der Waals surface area contributed by atoms with Crippen molar-refractivity contribution in [2.45, 2.75) is 19.5 Å². The highest BCUT2D eigenvalue weighted by Crippen LogP contribution is 2.15. The maximum absolute atomic E-state index is 12.4. The third-order valence-corrected chi connectivity index (χ3v) is 3.47. The average Bonchev–Trinajstić information content (AvgIpc) is 2.49. The molecule has 104 valence electrons. The minimum atomic E-state index is -0.606. The fraction of sp³-hybridized carbons (Fsp3) is 0.235. The first kappa shape index (κ1) is 14.3. The van der Waals surface area contributed by atoms with Gasteiger partial charge in [0.1, 0.15) is 6.04 Å². The van der Waals surface area contributed by atoms with E-state index in [9.17, 15) is 4.79 Å². The van der Waals surface area contributed by atoms with Crippen molar-refractivity contribution in [1.29, 1.82) is 0 Å². The highest BCUT2D eigenvalue weighted by atomic mass is 16.2. The van der Waals surface area contributed by atoms with E-state index in [1.165, 1.54) is 5.56 Å². The van der Waals surface area contributed by atoms with Crippen LogP contribution in [0.3, 0.4) is 0 Å². The molecule has 1 amide bonds. The molecule has 0 heterocycles. The van der Waals surface area contributed by atoms with E-state index in [-0.39, 0.29) is 5.91 Å². The van der Waals surface area contributed by atoms with Gasteiger partial charge in [0.15, 0.2) is 0 Å². The number of hydrogen-bond acceptors (Lipinski definition) is 2. The molecule has 0 fully saturated rings. The number of nitrogens with two attached hydrogens (primary N) is 1. The van der Waals surface area contributed by atoms with Gasteiger partial charge in [-0.1, -0.05) is 54.6 Å². The van der Waals surface area contributed by atoms with E-state index in [0.29, 0.717) is 6.54 Å². The molecular formula is C17H20N2O. The number of hydrogen-bond donors (Lipinski definition) is 1. The van der Waals surface area contributed by atoms with E-state index in [1.54, 1.807) is 11.9 Å². The third-order valence-electron chi connectivity index (χ3n) is 3.47. The lowest BCUT2D eigenvalue weighted by Crippen LogP contribution is -2.35. The summed E-state index contributed by atoms with van der Waals surface area (Å²) in [5, 5.41) is 0. The Balaban J connectivity index is 2.08. The van der Waals surface area contributed by atoms with Crippen LogP contribution in [0.4, 0.5) is 0 Å². The van der Waals surface area contributed by atoms with Gasteiger partial charge in [-0.05, 0) is 23.6 Å². The molecule has 3 heteroatoms. The van der Waals surface area contributed by atoms with Gasteiger partial charge in [0.25, 0.3) is 0 Å². The predicted octanol–water partition coefficient (Wildman–Crippen LogP) is 2.65. The number of likely N-dealkylation sites (N-methyl/N-ethyl adjacent to an activating group) is 1. The number of carbonyl (C=O) groups excluding carboxylic acids is 1. The summed E-state index contributed by atoms with van der Waals surface area (Å²) in [5.74, 6) is -0.0700. The quantitative estimate of drug-likeness (QED) is 0.926. The van der Waals surface area contributed by atoms with Crippen LogP contribution in [0.25, 0.3) is 0 Å². The lowest BCUT2D eigenvalue weighted by atomic mass is 10.1. The second-order valence-electron chi connectivity index (χ2n) is 5.01. The predicted molar refractivity (Wildman–Crippen MR) is 81.0 cm³/mol. The average molecular weight is 268 g/mol. The van der Waals surface area contributed by atoms with Gasteiger partial charge < -0.3 is 10.6 Å². The SMILES string of the molecule is Cc1ccccc1CN(C)C(=O)[C@@H](N)c1ccccc1. The van der Waals surface area contributed by atoms with Crippen LogP contribution in [-0.4, -0.2) is 17.9 Å². The van der Waals surface area contributed by atoms with Crippen LogP contribution in [0.2, 0.25) is 0 Å². The van der Waals surface area contributed by atoms with E-state index in [1.807, 2.05) is 61.5 Å². The Morgan fingerprint density at radius 3 is 2.35 bits per heavy atom.